The van der Waals surface area contributed by atoms with Gasteiger partial charge in [0.05, 0.1) is 11.2 Å². The molecule has 0 spiro atoms. The molecule has 0 saturated heterocycles. The minimum absolute atomic E-state index is 0.400. The molecule has 1 aliphatic heterocycles. The van der Waals surface area contributed by atoms with Crippen LogP contribution in [0.15, 0.2) is 53.4 Å². The van der Waals surface area contributed by atoms with Gasteiger partial charge in [-0.05, 0) is 83.5 Å². The van der Waals surface area contributed by atoms with Crippen molar-refractivity contribution in [1.82, 2.24) is 9.47 Å². The topological polar surface area (TPSA) is 60.8 Å². The number of thioether (sulfide) groups is 1. The first-order valence-corrected chi connectivity index (χ1v) is 13.1. The summed E-state index contributed by atoms with van der Waals surface area (Å²) in [7, 11) is 0. The highest BCUT2D eigenvalue weighted by Crippen LogP contribution is 2.42. The molecule has 7 heteroatoms. The molecule has 0 saturated carbocycles. The van der Waals surface area contributed by atoms with Crippen molar-refractivity contribution in [2.24, 2.45) is 0 Å². The zero-order chi connectivity index (χ0) is 25.5. The van der Waals surface area contributed by atoms with Crippen molar-refractivity contribution in [1.29, 1.82) is 0 Å². The Kier molecular flexibility index (Phi) is 6.66. The van der Waals surface area contributed by atoms with Crippen molar-refractivity contribution in [3.63, 3.8) is 0 Å². The summed E-state index contributed by atoms with van der Waals surface area (Å²) in [6.45, 7) is 11.6. The Morgan fingerprint density at radius 2 is 1.54 bits per heavy atom. The molecule has 35 heavy (non-hydrogen) atoms. The van der Waals surface area contributed by atoms with E-state index in [1.54, 1.807) is 21.2 Å². The minimum Gasteiger partial charge on any atom is -0.444 e. The molecule has 186 valence electrons. The maximum absolute atomic E-state index is 13.6. The highest BCUT2D eigenvalue weighted by molar-refractivity contribution is 7.98. The summed E-state index contributed by atoms with van der Waals surface area (Å²) in [5.74, 6) is 0. The van der Waals surface area contributed by atoms with Crippen LogP contribution < -0.4 is 0 Å². The standard InChI is InChI=1S/C28H34N2O4S/c1-27(2,3)33-25(31)29-16-15-20-21-17-19(35-7)13-14-22(21)30(26(32)34-28(4,5)6)24(20)23(29)18-11-9-8-10-12-18/h8-14,17,23H,15-16H2,1-7H3. The fraction of sp³-hybridized carbons (Fsp3) is 0.429. The summed E-state index contributed by atoms with van der Waals surface area (Å²) < 4.78 is 13.3. The van der Waals surface area contributed by atoms with Gasteiger partial charge in [0, 0.05) is 16.8 Å². The molecule has 1 unspecified atom stereocenters. The molecule has 4 rings (SSSR count). The molecule has 2 aromatic carbocycles. The fourth-order valence-electron chi connectivity index (χ4n) is 4.54. The molecule has 0 N–H and O–H groups in total. The quantitative estimate of drug-likeness (QED) is 0.358. The van der Waals surface area contributed by atoms with E-state index < -0.39 is 29.4 Å². The Balaban J connectivity index is 1.98. The maximum atomic E-state index is 13.6. The van der Waals surface area contributed by atoms with E-state index in [4.69, 9.17) is 9.47 Å². The van der Waals surface area contributed by atoms with Crippen LogP contribution in [-0.4, -0.2) is 45.7 Å². The van der Waals surface area contributed by atoms with Gasteiger partial charge in [0.15, 0.2) is 0 Å². The van der Waals surface area contributed by atoms with E-state index in [0.717, 1.165) is 32.6 Å². The van der Waals surface area contributed by atoms with Gasteiger partial charge >= 0.3 is 12.2 Å². The molecule has 0 aliphatic carbocycles. The third-order valence-electron chi connectivity index (χ3n) is 5.81. The van der Waals surface area contributed by atoms with Gasteiger partial charge in [0.25, 0.3) is 0 Å². The van der Waals surface area contributed by atoms with Crippen LogP contribution in [0.3, 0.4) is 0 Å². The Bertz CT molecular complexity index is 1250. The first-order valence-electron chi connectivity index (χ1n) is 11.9. The predicted molar refractivity (Wildman–Crippen MR) is 140 cm³/mol. The monoisotopic (exact) mass is 494 g/mol. The first kappa shape index (κ1) is 25.2. The average molecular weight is 495 g/mol. The van der Waals surface area contributed by atoms with E-state index in [1.807, 2.05) is 90.3 Å². The zero-order valence-electron chi connectivity index (χ0n) is 21.5. The number of nitrogens with zero attached hydrogens (tertiary/aromatic N) is 2. The van der Waals surface area contributed by atoms with Gasteiger partial charge in [-0.3, -0.25) is 4.90 Å². The molecular weight excluding hydrogens is 460 g/mol. The highest BCUT2D eigenvalue weighted by atomic mass is 32.2. The third-order valence-corrected chi connectivity index (χ3v) is 6.54. The molecule has 1 amide bonds. The first-order chi connectivity index (χ1) is 16.4. The highest BCUT2D eigenvalue weighted by Gasteiger charge is 2.40. The van der Waals surface area contributed by atoms with Crippen LogP contribution in [0.5, 0.6) is 0 Å². The van der Waals surface area contributed by atoms with E-state index in [-0.39, 0.29) is 0 Å². The van der Waals surface area contributed by atoms with E-state index in [1.165, 1.54) is 0 Å². The van der Waals surface area contributed by atoms with Gasteiger partial charge in [0.1, 0.15) is 17.2 Å². The van der Waals surface area contributed by atoms with Crippen molar-refractivity contribution in [2.75, 3.05) is 12.8 Å². The molecule has 3 aromatic rings. The van der Waals surface area contributed by atoms with Crippen molar-refractivity contribution in [3.05, 3.63) is 65.4 Å². The Morgan fingerprint density at radius 3 is 2.14 bits per heavy atom. The molecular formula is C28H34N2O4S. The van der Waals surface area contributed by atoms with Gasteiger partial charge in [-0.15, -0.1) is 11.8 Å². The number of carbonyl (C=O) groups excluding carboxylic acids is 2. The van der Waals surface area contributed by atoms with E-state index >= 15 is 0 Å². The Hall–Kier alpha value is -2.93. The van der Waals surface area contributed by atoms with Crippen LogP contribution >= 0.6 is 11.8 Å². The smallest absolute Gasteiger partial charge is 0.419 e. The van der Waals surface area contributed by atoms with Crippen LogP contribution in [0.4, 0.5) is 9.59 Å². The SMILES string of the molecule is CSc1ccc2c(c1)c1c(n2C(=O)OC(C)(C)C)C(c2ccccc2)N(C(=O)OC(C)(C)C)CC1. The summed E-state index contributed by atoms with van der Waals surface area (Å²) in [6.07, 6.45) is 1.80. The number of benzene rings is 2. The molecule has 1 aromatic heterocycles. The summed E-state index contributed by atoms with van der Waals surface area (Å²) in [5, 5.41) is 1.02. The largest absolute Gasteiger partial charge is 0.444 e. The lowest BCUT2D eigenvalue weighted by atomic mass is 9.92. The zero-order valence-corrected chi connectivity index (χ0v) is 22.4. The number of hydrogen-bond acceptors (Lipinski definition) is 5. The molecule has 1 atom stereocenters. The lowest BCUT2D eigenvalue weighted by molar-refractivity contribution is 0.0164. The maximum Gasteiger partial charge on any atom is 0.419 e. The number of fused-ring (bicyclic) bond motifs is 3. The average Bonchev–Trinajstić information content (AvgIpc) is 3.10. The van der Waals surface area contributed by atoms with Crippen molar-refractivity contribution in [2.45, 2.75) is 70.1 Å². The molecule has 2 heterocycles. The lowest BCUT2D eigenvalue weighted by Gasteiger charge is -2.38. The third kappa shape index (κ3) is 5.20. The summed E-state index contributed by atoms with van der Waals surface area (Å²) in [4.78, 5) is 29.9. The number of rotatable bonds is 2. The molecule has 6 nitrogen and oxygen atoms in total. The van der Waals surface area contributed by atoms with Crippen molar-refractivity contribution < 1.29 is 19.1 Å². The van der Waals surface area contributed by atoms with Gasteiger partial charge in [-0.2, -0.15) is 0 Å². The summed E-state index contributed by atoms with van der Waals surface area (Å²) in [5.41, 5.74) is 2.22. The normalized spacial score (nSPS) is 16.2. The van der Waals surface area contributed by atoms with E-state index in [0.29, 0.717) is 13.0 Å². The Labute approximate surface area is 211 Å². The van der Waals surface area contributed by atoms with E-state index in [2.05, 4.69) is 6.07 Å². The number of carbonyl (C=O) groups is 2. The summed E-state index contributed by atoms with van der Waals surface area (Å²) >= 11 is 1.66. The predicted octanol–water partition coefficient (Wildman–Crippen LogP) is 7.03. The van der Waals surface area contributed by atoms with Gasteiger partial charge in [-0.25, -0.2) is 14.2 Å². The van der Waals surface area contributed by atoms with Crippen molar-refractivity contribution in [3.8, 4) is 0 Å². The lowest BCUT2D eigenvalue weighted by Crippen LogP contribution is -2.44. The van der Waals surface area contributed by atoms with Crippen molar-refractivity contribution >= 4 is 34.9 Å². The van der Waals surface area contributed by atoms with Crippen LogP contribution in [-0.2, 0) is 15.9 Å². The number of ether oxygens (including phenoxy) is 2. The van der Waals surface area contributed by atoms with Crippen LogP contribution in [0.2, 0.25) is 0 Å². The van der Waals surface area contributed by atoms with Crippen LogP contribution in [0.1, 0.15) is 64.4 Å². The minimum atomic E-state index is -0.665. The van der Waals surface area contributed by atoms with Crippen LogP contribution in [0, 0.1) is 0 Å². The second-order valence-electron chi connectivity index (χ2n) is 10.8. The number of aromatic nitrogens is 1. The molecule has 0 radical (unpaired) electrons. The number of amides is 1. The molecule has 1 aliphatic rings. The second-order valence-corrected chi connectivity index (χ2v) is 11.7. The number of hydrogen-bond donors (Lipinski definition) is 0. The fourth-order valence-corrected chi connectivity index (χ4v) is 4.98. The van der Waals surface area contributed by atoms with Gasteiger partial charge < -0.3 is 9.47 Å². The summed E-state index contributed by atoms with van der Waals surface area (Å²) in [6, 6.07) is 15.4. The molecule has 0 fully saturated rings. The Morgan fingerprint density at radius 1 is 0.914 bits per heavy atom. The molecule has 0 bridgehead atoms. The van der Waals surface area contributed by atoms with Gasteiger partial charge in [0.2, 0.25) is 0 Å². The van der Waals surface area contributed by atoms with Crippen LogP contribution in [0.25, 0.3) is 10.9 Å². The second kappa shape index (κ2) is 9.26. The van der Waals surface area contributed by atoms with E-state index in [9.17, 15) is 9.59 Å². The van der Waals surface area contributed by atoms with Gasteiger partial charge in [-0.1, -0.05) is 30.3 Å².